The molecule has 0 saturated heterocycles. The summed E-state index contributed by atoms with van der Waals surface area (Å²) in [6.45, 7) is 6.16. The quantitative estimate of drug-likeness (QED) is 0.721. The molecule has 3 heterocycles. The van der Waals surface area contributed by atoms with Crippen LogP contribution in [-0.2, 0) is 0 Å². The number of fused-ring (bicyclic) bond motifs is 1. The monoisotopic (exact) mass is 335 g/mol. The molecule has 0 spiro atoms. The Kier molecular flexibility index (Phi) is 3.67. The van der Waals surface area contributed by atoms with E-state index < -0.39 is 0 Å². The van der Waals surface area contributed by atoms with Gasteiger partial charge in [-0.1, -0.05) is 18.2 Å². The second-order valence-electron chi connectivity index (χ2n) is 6.66. The van der Waals surface area contributed by atoms with Gasteiger partial charge in [0.15, 0.2) is 5.69 Å². The van der Waals surface area contributed by atoms with Gasteiger partial charge in [0.25, 0.3) is 5.91 Å². The molecule has 1 aliphatic rings. The maximum absolute atomic E-state index is 13.2. The summed E-state index contributed by atoms with van der Waals surface area (Å²) in [6.07, 6.45) is 2.62. The second-order valence-corrected chi connectivity index (χ2v) is 6.66. The van der Waals surface area contributed by atoms with E-state index in [-0.39, 0.29) is 18.0 Å². The molecule has 1 amide bonds. The van der Waals surface area contributed by atoms with Crippen molar-refractivity contribution in [2.24, 2.45) is 0 Å². The molecular formula is C19H21N5O. The lowest BCUT2D eigenvalue weighted by molar-refractivity contribution is 0.0961. The van der Waals surface area contributed by atoms with Crippen molar-refractivity contribution in [2.75, 3.05) is 4.90 Å². The number of para-hydroxylation sites is 1. The Morgan fingerprint density at radius 3 is 2.64 bits per heavy atom. The van der Waals surface area contributed by atoms with E-state index in [9.17, 15) is 4.79 Å². The van der Waals surface area contributed by atoms with Gasteiger partial charge in [-0.2, -0.15) is 10.2 Å². The summed E-state index contributed by atoms with van der Waals surface area (Å²) in [5.41, 5.74) is 2.33. The minimum absolute atomic E-state index is 0.0843. The van der Waals surface area contributed by atoms with E-state index in [0.717, 1.165) is 23.6 Å². The Bertz CT molecular complexity index is 911. The van der Waals surface area contributed by atoms with E-state index in [4.69, 9.17) is 0 Å². The average molecular weight is 335 g/mol. The van der Waals surface area contributed by atoms with Crippen molar-refractivity contribution in [1.82, 2.24) is 19.6 Å². The first-order valence-corrected chi connectivity index (χ1v) is 8.55. The Hall–Kier alpha value is -2.89. The normalized spacial score (nSPS) is 19.7. The minimum atomic E-state index is -0.0843. The number of carbonyl (C=O) groups is 1. The number of hydrogen-bond acceptors (Lipinski definition) is 3. The molecule has 6 heteroatoms. The molecule has 0 radical (unpaired) electrons. The number of rotatable bonds is 2. The lowest BCUT2D eigenvalue weighted by atomic mass is 10.1. The van der Waals surface area contributed by atoms with Gasteiger partial charge in [-0.25, -0.2) is 9.36 Å². The number of anilines is 1. The van der Waals surface area contributed by atoms with Crippen molar-refractivity contribution in [3.05, 3.63) is 60.0 Å². The standard InChI is InChI=1S/C19H21N5O/c1-13-11-14(2)24-18(9-10-20-24)22(13)19(25)17-12-15(3)23(21-17)16-7-5-4-6-8-16/h4-10,12-14H,11H2,1-3H3/t13-,14+/m0/s1. The van der Waals surface area contributed by atoms with Gasteiger partial charge < -0.3 is 0 Å². The van der Waals surface area contributed by atoms with Crippen molar-refractivity contribution in [1.29, 1.82) is 0 Å². The first kappa shape index (κ1) is 15.6. The van der Waals surface area contributed by atoms with Crippen molar-refractivity contribution >= 4 is 11.7 Å². The predicted octanol–water partition coefficient (Wildman–Crippen LogP) is 3.38. The third-order valence-electron chi connectivity index (χ3n) is 4.76. The van der Waals surface area contributed by atoms with Crippen LogP contribution in [0, 0.1) is 6.92 Å². The smallest absolute Gasteiger partial charge is 0.280 e. The SMILES string of the molecule is Cc1cc(C(=O)N2c3ccnn3[C@H](C)C[C@@H]2C)nn1-c1ccccc1. The molecule has 128 valence electrons. The summed E-state index contributed by atoms with van der Waals surface area (Å²) < 4.78 is 3.72. The molecule has 0 N–H and O–H groups in total. The van der Waals surface area contributed by atoms with Crippen molar-refractivity contribution in [3.8, 4) is 5.69 Å². The minimum Gasteiger partial charge on any atom is -0.289 e. The van der Waals surface area contributed by atoms with Gasteiger partial charge in [-0.15, -0.1) is 0 Å². The molecular weight excluding hydrogens is 314 g/mol. The predicted molar refractivity (Wildman–Crippen MR) is 96.1 cm³/mol. The Morgan fingerprint density at radius 2 is 1.88 bits per heavy atom. The number of hydrogen-bond donors (Lipinski definition) is 0. The fraction of sp³-hybridized carbons (Fsp3) is 0.316. The fourth-order valence-electron chi connectivity index (χ4n) is 3.60. The molecule has 4 rings (SSSR count). The average Bonchev–Trinajstić information content (AvgIpc) is 3.22. The summed E-state index contributed by atoms with van der Waals surface area (Å²) in [7, 11) is 0. The molecule has 1 aromatic carbocycles. The van der Waals surface area contributed by atoms with E-state index in [1.807, 2.05) is 63.7 Å². The molecule has 0 unspecified atom stereocenters. The number of aromatic nitrogens is 4. The molecule has 0 saturated carbocycles. The van der Waals surface area contributed by atoms with Gasteiger partial charge in [-0.3, -0.25) is 9.69 Å². The van der Waals surface area contributed by atoms with Crippen LogP contribution in [0.3, 0.4) is 0 Å². The zero-order chi connectivity index (χ0) is 17.6. The molecule has 3 aromatic rings. The van der Waals surface area contributed by atoms with Crippen LogP contribution in [-0.4, -0.2) is 31.5 Å². The molecule has 0 fully saturated rings. The van der Waals surface area contributed by atoms with Crippen LogP contribution in [0.4, 0.5) is 5.82 Å². The van der Waals surface area contributed by atoms with Crippen LogP contribution < -0.4 is 4.90 Å². The molecule has 0 bridgehead atoms. The van der Waals surface area contributed by atoms with Gasteiger partial charge in [0.05, 0.1) is 17.9 Å². The van der Waals surface area contributed by atoms with E-state index in [1.54, 1.807) is 6.20 Å². The lowest BCUT2D eigenvalue weighted by Gasteiger charge is -2.36. The number of benzene rings is 1. The highest BCUT2D eigenvalue weighted by Crippen LogP contribution is 2.32. The molecule has 25 heavy (non-hydrogen) atoms. The topological polar surface area (TPSA) is 56.0 Å². The maximum atomic E-state index is 13.2. The number of amides is 1. The zero-order valence-electron chi connectivity index (χ0n) is 14.6. The zero-order valence-corrected chi connectivity index (χ0v) is 14.6. The summed E-state index contributed by atoms with van der Waals surface area (Å²) >= 11 is 0. The van der Waals surface area contributed by atoms with Gasteiger partial charge in [-0.05, 0) is 45.4 Å². The Morgan fingerprint density at radius 1 is 1.12 bits per heavy atom. The second kappa shape index (κ2) is 5.88. The number of carbonyl (C=O) groups excluding carboxylic acids is 1. The van der Waals surface area contributed by atoms with Crippen molar-refractivity contribution in [2.45, 2.75) is 39.3 Å². The van der Waals surface area contributed by atoms with Crippen LogP contribution in [0.15, 0.2) is 48.7 Å². The summed E-state index contributed by atoms with van der Waals surface area (Å²) in [4.78, 5) is 15.0. The van der Waals surface area contributed by atoms with Crippen LogP contribution >= 0.6 is 0 Å². The summed E-state index contributed by atoms with van der Waals surface area (Å²) in [5.74, 6) is 0.752. The number of aryl methyl sites for hydroxylation is 1. The van der Waals surface area contributed by atoms with Crippen LogP contribution in [0.5, 0.6) is 0 Å². The van der Waals surface area contributed by atoms with E-state index in [1.165, 1.54) is 0 Å². The van der Waals surface area contributed by atoms with E-state index in [2.05, 4.69) is 24.0 Å². The molecule has 2 aromatic heterocycles. The summed E-state index contributed by atoms with van der Waals surface area (Å²) in [6, 6.07) is 14.0. The Labute approximate surface area is 146 Å². The largest absolute Gasteiger partial charge is 0.289 e. The highest BCUT2D eigenvalue weighted by Gasteiger charge is 2.34. The van der Waals surface area contributed by atoms with Gasteiger partial charge in [0.1, 0.15) is 5.82 Å². The van der Waals surface area contributed by atoms with Gasteiger partial charge in [0, 0.05) is 17.8 Å². The van der Waals surface area contributed by atoms with E-state index in [0.29, 0.717) is 5.69 Å². The van der Waals surface area contributed by atoms with E-state index >= 15 is 0 Å². The van der Waals surface area contributed by atoms with Crippen LogP contribution in [0.2, 0.25) is 0 Å². The summed E-state index contributed by atoms with van der Waals surface area (Å²) in [5, 5.41) is 8.93. The van der Waals surface area contributed by atoms with Gasteiger partial charge in [0.2, 0.25) is 0 Å². The third kappa shape index (κ3) is 2.54. The highest BCUT2D eigenvalue weighted by molar-refractivity contribution is 6.05. The maximum Gasteiger partial charge on any atom is 0.280 e. The number of nitrogens with zero attached hydrogens (tertiary/aromatic N) is 5. The van der Waals surface area contributed by atoms with Crippen molar-refractivity contribution < 1.29 is 4.79 Å². The molecule has 0 aliphatic carbocycles. The highest BCUT2D eigenvalue weighted by atomic mass is 16.2. The lowest BCUT2D eigenvalue weighted by Crippen LogP contribution is -2.45. The molecule has 2 atom stereocenters. The first-order valence-electron chi connectivity index (χ1n) is 8.55. The third-order valence-corrected chi connectivity index (χ3v) is 4.76. The molecule has 6 nitrogen and oxygen atoms in total. The van der Waals surface area contributed by atoms with Crippen LogP contribution in [0.25, 0.3) is 5.69 Å². The van der Waals surface area contributed by atoms with Crippen LogP contribution in [0.1, 0.15) is 42.5 Å². The van der Waals surface area contributed by atoms with Crippen molar-refractivity contribution in [3.63, 3.8) is 0 Å². The fourth-order valence-corrected chi connectivity index (χ4v) is 3.60. The Balaban J connectivity index is 1.72. The first-order chi connectivity index (χ1) is 12.1. The van der Waals surface area contributed by atoms with Gasteiger partial charge >= 0.3 is 0 Å². The molecule has 1 aliphatic heterocycles.